The molecule has 0 radical (unpaired) electrons. The molecule has 0 aromatic carbocycles. The monoisotopic (exact) mass is 664 g/mol. The molecule has 12 heteroatoms. The van der Waals surface area contributed by atoms with E-state index in [-0.39, 0.29) is 47.3 Å². The van der Waals surface area contributed by atoms with E-state index in [0.29, 0.717) is 47.0 Å². The van der Waals surface area contributed by atoms with Crippen molar-refractivity contribution in [1.29, 1.82) is 0 Å². The van der Waals surface area contributed by atoms with E-state index in [1.807, 2.05) is 13.8 Å². The summed E-state index contributed by atoms with van der Waals surface area (Å²) in [5.41, 5.74) is 5.57. The van der Waals surface area contributed by atoms with Crippen molar-refractivity contribution in [3.8, 4) is 0 Å². The van der Waals surface area contributed by atoms with Crippen LogP contribution >= 0.6 is 0 Å². The number of nitrogens with zero attached hydrogens (tertiary/aromatic N) is 4. The molecule has 0 aromatic rings. The second-order valence-corrected chi connectivity index (χ2v) is 13.1. The molecule has 0 bridgehead atoms. The lowest BCUT2D eigenvalue weighted by Crippen LogP contribution is -2.26. The average Bonchev–Trinajstić information content (AvgIpc) is 3.59. The Bertz CT molecular complexity index is 1460. The van der Waals surface area contributed by atoms with E-state index < -0.39 is 0 Å². The molecule has 260 valence electrons. The first-order valence-electron chi connectivity index (χ1n) is 16.6. The zero-order valence-corrected chi connectivity index (χ0v) is 29.9. The number of hydrogen-bond donors (Lipinski definition) is 0. The van der Waals surface area contributed by atoms with Crippen LogP contribution in [0.25, 0.3) is 0 Å². The molecule has 48 heavy (non-hydrogen) atoms. The number of amides is 8. The second-order valence-electron chi connectivity index (χ2n) is 13.1. The van der Waals surface area contributed by atoms with Crippen molar-refractivity contribution >= 4 is 47.3 Å². The van der Waals surface area contributed by atoms with Crippen LogP contribution in [0.5, 0.6) is 0 Å². The minimum absolute atomic E-state index is 0.0744. The fourth-order valence-electron chi connectivity index (χ4n) is 6.50. The van der Waals surface area contributed by atoms with E-state index in [0.717, 1.165) is 65.7 Å². The van der Waals surface area contributed by atoms with Crippen molar-refractivity contribution in [2.75, 3.05) is 28.2 Å². The first kappa shape index (κ1) is 38.0. The molecule has 6 rings (SSSR count). The largest absolute Gasteiger partial charge is 0.278 e. The summed E-state index contributed by atoms with van der Waals surface area (Å²) in [6, 6.07) is 0. The number of carbonyl (C=O) groups excluding carboxylic acids is 8. The van der Waals surface area contributed by atoms with Crippen LogP contribution in [0.1, 0.15) is 92.9 Å². The predicted octanol–water partition coefficient (Wildman–Crippen LogP) is 3.63. The van der Waals surface area contributed by atoms with E-state index in [2.05, 4.69) is 13.8 Å². The van der Waals surface area contributed by atoms with Crippen LogP contribution in [0.4, 0.5) is 0 Å². The van der Waals surface area contributed by atoms with Gasteiger partial charge in [0.25, 0.3) is 47.3 Å². The third-order valence-corrected chi connectivity index (χ3v) is 10.1. The lowest BCUT2D eigenvalue weighted by atomic mass is 9.78. The Morgan fingerprint density at radius 2 is 0.729 bits per heavy atom. The summed E-state index contributed by atoms with van der Waals surface area (Å²) in [6.45, 7) is 11.4. The maximum atomic E-state index is 11.6. The topological polar surface area (TPSA) is 150 Å². The molecule has 4 aliphatic heterocycles. The zero-order chi connectivity index (χ0) is 36.4. The number of rotatable bonds is 2. The third kappa shape index (κ3) is 7.02. The molecule has 0 aromatic heterocycles. The van der Waals surface area contributed by atoms with Gasteiger partial charge in [0.2, 0.25) is 0 Å². The fourth-order valence-corrected chi connectivity index (χ4v) is 6.50. The molecule has 0 fully saturated rings. The summed E-state index contributed by atoms with van der Waals surface area (Å²) in [5, 5.41) is 0. The second kappa shape index (κ2) is 15.2. The van der Waals surface area contributed by atoms with Crippen LogP contribution in [-0.4, -0.2) is 95.0 Å². The summed E-state index contributed by atoms with van der Waals surface area (Å²) < 4.78 is 0. The molecule has 0 spiro atoms. The molecule has 2 unspecified atom stereocenters. The van der Waals surface area contributed by atoms with Crippen LogP contribution < -0.4 is 0 Å². The molecular formula is C36H48N4O8. The normalized spacial score (nSPS) is 24.0. The predicted molar refractivity (Wildman–Crippen MR) is 177 cm³/mol. The van der Waals surface area contributed by atoms with Gasteiger partial charge in [0, 0.05) is 72.8 Å². The summed E-state index contributed by atoms with van der Waals surface area (Å²) >= 11 is 0. The molecule has 12 nitrogen and oxygen atoms in total. The minimum Gasteiger partial charge on any atom is -0.278 e. The number of hydrogen-bond acceptors (Lipinski definition) is 8. The lowest BCUT2D eigenvalue weighted by Gasteiger charge is -2.24. The molecule has 6 aliphatic rings. The van der Waals surface area contributed by atoms with Gasteiger partial charge in [0.1, 0.15) is 0 Å². The van der Waals surface area contributed by atoms with Gasteiger partial charge in [-0.3, -0.25) is 58.0 Å². The molecule has 0 saturated heterocycles. The Balaban J connectivity index is 0.000000175. The van der Waals surface area contributed by atoms with Gasteiger partial charge in [0.15, 0.2) is 0 Å². The smallest absolute Gasteiger partial charge is 0.256 e. The quantitative estimate of drug-likeness (QED) is 0.407. The highest BCUT2D eigenvalue weighted by Crippen LogP contribution is 2.38. The Morgan fingerprint density at radius 3 is 1.00 bits per heavy atom. The minimum atomic E-state index is -0.178. The first-order chi connectivity index (χ1) is 22.4. The summed E-state index contributed by atoms with van der Waals surface area (Å²) in [4.78, 5) is 95.6. The average molecular weight is 665 g/mol. The van der Waals surface area contributed by atoms with Crippen LogP contribution in [0.15, 0.2) is 44.6 Å². The van der Waals surface area contributed by atoms with Crippen molar-refractivity contribution in [1.82, 2.24) is 19.6 Å². The molecular weight excluding hydrogens is 616 g/mol. The fraction of sp³-hybridized carbons (Fsp3) is 0.556. The molecule has 0 N–H and O–H groups in total. The van der Waals surface area contributed by atoms with Gasteiger partial charge in [-0.1, -0.05) is 27.7 Å². The molecule has 0 saturated carbocycles. The highest BCUT2D eigenvalue weighted by atomic mass is 16.2. The van der Waals surface area contributed by atoms with E-state index in [1.165, 1.54) is 28.8 Å². The maximum Gasteiger partial charge on any atom is 0.256 e. The van der Waals surface area contributed by atoms with Crippen molar-refractivity contribution < 1.29 is 38.4 Å². The van der Waals surface area contributed by atoms with Gasteiger partial charge >= 0.3 is 0 Å². The van der Waals surface area contributed by atoms with Gasteiger partial charge in [-0.05, 0) is 77.0 Å². The van der Waals surface area contributed by atoms with Gasteiger partial charge in [0.05, 0.1) is 0 Å². The van der Waals surface area contributed by atoms with E-state index in [9.17, 15) is 38.4 Å². The number of imide groups is 4. The summed E-state index contributed by atoms with van der Waals surface area (Å²) in [6.07, 6.45) is 6.53. The molecule has 2 atom stereocenters. The van der Waals surface area contributed by atoms with Gasteiger partial charge in [-0.2, -0.15) is 0 Å². The number of carbonyl (C=O) groups is 8. The van der Waals surface area contributed by atoms with Gasteiger partial charge < -0.3 is 0 Å². The SMILES string of the molecule is CC1=C(C)C(=O)N(C)C1=O.CC1CC2=C(CC1C)C(=O)N(C)C2=O.CCC1=C(CC)C(=O)N(C)C1=O.CN1C(=O)C2=C(CCCC2)C1=O. The van der Waals surface area contributed by atoms with Gasteiger partial charge in [-0.15, -0.1) is 0 Å². The molecule has 2 aliphatic carbocycles. The van der Waals surface area contributed by atoms with Gasteiger partial charge in [-0.25, -0.2) is 0 Å². The van der Waals surface area contributed by atoms with Crippen LogP contribution in [0, 0.1) is 11.8 Å². The van der Waals surface area contributed by atoms with Crippen LogP contribution in [0.3, 0.4) is 0 Å². The van der Waals surface area contributed by atoms with Crippen molar-refractivity contribution in [2.24, 2.45) is 11.8 Å². The Hall–Kier alpha value is -4.48. The standard InChI is InChI=1S/C11H15NO2.C9H11NO2.C9H13NO2.C7H9NO2/c1-6-4-8-9(5-7(6)2)11(14)12(3)10(8)13;1-10-8(11)6-4-2-3-5-7(6)9(10)12;1-4-6-7(5-2)9(12)10(3)8(6)11;1-4-5(2)7(10)8(3)6(4)9/h6-7H,4-5H2,1-3H3;2-5H2,1H3;4-5H2,1-3H3;1-3H3. The first-order valence-corrected chi connectivity index (χ1v) is 16.6. The maximum absolute atomic E-state index is 11.6. The van der Waals surface area contributed by atoms with E-state index in [4.69, 9.17) is 0 Å². The van der Waals surface area contributed by atoms with Crippen molar-refractivity contribution in [2.45, 2.75) is 92.9 Å². The summed E-state index contributed by atoms with van der Waals surface area (Å²) in [5.74, 6) is 0.106. The number of likely N-dealkylation sites (N-methyl/N-ethyl adjacent to an activating group) is 4. The van der Waals surface area contributed by atoms with Crippen molar-refractivity contribution in [3.63, 3.8) is 0 Å². The Kier molecular flexibility index (Phi) is 12.0. The van der Waals surface area contributed by atoms with Crippen LogP contribution in [-0.2, 0) is 38.4 Å². The van der Waals surface area contributed by atoms with Crippen molar-refractivity contribution in [3.05, 3.63) is 44.6 Å². The highest BCUT2D eigenvalue weighted by Gasteiger charge is 2.40. The molecule has 4 heterocycles. The lowest BCUT2D eigenvalue weighted by molar-refractivity contribution is -0.137. The highest BCUT2D eigenvalue weighted by molar-refractivity contribution is 6.21. The van der Waals surface area contributed by atoms with E-state index in [1.54, 1.807) is 27.9 Å². The molecule has 8 amide bonds. The van der Waals surface area contributed by atoms with E-state index >= 15 is 0 Å². The third-order valence-electron chi connectivity index (χ3n) is 10.1. The Labute approximate surface area is 282 Å². The Morgan fingerprint density at radius 1 is 0.458 bits per heavy atom. The zero-order valence-electron chi connectivity index (χ0n) is 29.9. The van der Waals surface area contributed by atoms with Crippen LogP contribution in [0.2, 0.25) is 0 Å². The summed E-state index contributed by atoms with van der Waals surface area (Å²) in [7, 11) is 6.15.